The van der Waals surface area contributed by atoms with Crippen LogP contribution in [-0.4, -0.2) is 5.78 Å². The number of carbonyl (C=O) groups is 1. The van der Waals surface area contributed by atoms with Crippen LogP contribution < -0.4 is 4.74 Å². The number of ketones is 1. The van der Waals surface area contributed by atoms with Crippen LogP contribution in [-0.2, 0) is 6.61 Å². The lowest BCUT2D eigenvalue weighted by Gasteiger charge is -2.07. The minimum absolute atomic E-state index is 0.0195. The summed E-state index contributed by atoms with van der Waals surface area (Å²) < 4.78 is 5.77. The van der Waals surface area contributed by atoms with Gasteiger partial charge in [0.15, 0.2) is 5.78 Å². The van der Waals surface area contributed by atoms with E-state index >= 15 is 0 Å². The predicted molar refractivity (Wildman–Crippen MR) is 102 cm³/mol. The molecule has 2 nitrogen and oxygen atoms in total. The van der Waals surface area contributed by atoms with Gasteiger partial charge in [0.05, 0.1) is 0 Å². The molecule has 0 aliphatic rings. The molecule has 0 radical (unpaired) electrons. The van der Waals surface area contributed by atoms with E-state index in [1.54, 1.807) is 18.2 Å². The molecule has 0 fully saturated rings. The van der Waals surface area contributed by atoms with E-state index in [2.05, 4.69) is 31.2 Å². The van der Waals surface area contributed by atoms with E-state index in [1.165, 1.54) is 5.56 Å². The minimum Gasteiger partial charge on any atom is -0.489 e. The van der Waals surface area contributed by atoms with Crippen LogP contribution in [0.4, 0.5) is 0 Å². The third-order valence-electron chi connectivity index (χ3n) is 3.89. The van der Waals surface area contributed by atoms with Crippen LogP contribution in [0, 0.1) is 6.92 Å². The second-order valence-corrected chi connectivity index (χ2v) is 5.91. The molecule has 0 aliphatic carbocycles. The molecule has 0 aromatic heterocycles. The van der Waals surface area contributed by atoms with Crippen molar-refractivity contribution in [1.29, 1.82) is 0 Å². The Balaban J connectivity index is 1.58. The molecule has 0 unspecified atom stereocenters. The van der Waals surface area contributed by atoms with Gasteiger partial charge in [-0.3, -0.25) is 4.79 Å². The molecule has 0 atom stereocenters. The number of carbonyl (C=O) groups excluding carboxylic acids is 1. The number of hydrogen-bond acceptors (Lipinski definition) is 2. The highest BCUT2D eigenvalue weighted by atomic mass is 16.5. The van der Waals surface area contributed by atoms with Crippen molar-refractivity contribution in [3.05, 3.63) is 107 Å². The van der Waals surface area contributed by atoms with E-state index in [0.717, 1.165) is 16.9 Å². The highest BCUT2D eigenvalue weighted by Crippen LogP contribution is 2.15. The first kappa shape index (κ1) is 16.7. The van der Waals surface area contributed by atoms with Crippen LogP contribution in [0.1, 0.15) is 27.0 Å². The number of ether oxygens (including phenoxy) is 1. The Morgan fingerprint density at radius 2 is 1.56 bits per heavy atom. The average molecular weight is 328 g/mol. The fraction of sp³-hybridized carbons (Fsp3) is 0.0870. The van der Waals surface area contributed by atoms with Gasteiger partial charge in [-0.1, -0.05) is 66.2 Å². The summed E-state index contributed by atoms with van der Waals surface area (Å²) in [5, 5.41) is 0. The van der Waals surface area contributed by atoms with E-state index in [0.29, 0.717) is 12.2 Å². The van der Waals surface area contributed by atoms with Gasteiger partial charge >= 0.3 is 0 Å². The predicted octanol–water partition coefficient (Wildman–Crippen LogP) is 5.47. The Labute approximate surface area is 148 Å². The van der Waals surface area contributed by atoms with Gasteiger partial charge < -0.3 is 4.74 Å². The second-order valence-electron chi connectivity index (χ2n) is 5.91. The van der Waals surface area contributed by atoms with Crippen molar-refractivity contribution in [2.45, 2.75) is 13.5 Å². The first-order valence-corrected chi connectivity index (χ1v) is 8.26. The number of rotatable bonds is 6. The van der Waals surface area contributed by atoms with E-state index < -0.39 is 0 Å². The molecule has 0 heterocycles. The van der Waals surface area contributed by atoms with Gasteiger partial charge in [-0.15, -0.1) is 0 Å². The zero-order chi connectivity index (χ0) is 17.5. The second kappa shape index (κ2) is 8.11. The Morgan fingerprint density at radius 1 is 0.880 bits per heavy atom. The molecule has 0 amide bonds. The SMILES string of the molecule is Cc1ccc(COc2ccc(C(=O)/C=C/c3ccccc3)cc2)cc1. The van der Waals surface area contributed by atoms with Crippen molar-refractivity contribution in [2.24, 2.45) is 0 Å². The van der Waals surface area contributed by atoms with Gasteiger partial charge in [0, 0.05) is 5.56 Å². The maximum Gasteiger partial charge on any atom is 0.185 e. The molecular weight excluding hydrogens is 308 g/mol. The van der Waals surface area contributed by atoms with Crippen molar-refractivity contribution >= 4 is 11.9 Å². The highest BCUT2D eigenvalue weighted by Gasteiger charge is 2.03. The zero-order valence-electron chi connectivity index (χ0n) is 14.2. The summed E-state index contributed by atoms with van der Waals surface area (Å²) in [6, 6.07) is 25.3. The monoisotopic (exact) mass is 328 g/mol. The molecule has 0 spiro atoms. The quantitative estimate of drug-likeness (QED) is 0.443. The van der Waals surface area contributed by atoms with Crippen LogP contribution >= 0.6 is 0 Å². The van der Waals surface area contributed by atoms with E-state index in [9.17, 15) is 4.79 Å². The number of hydrogen-bond donors (Lipinski definition) is 0. The summed E-state index contributed by atoms with van der Waals surface area (Å²) in [5.74, 6) is 0.734. The van der Waals surface area contributed by atoms with E-state index in [4.69, 9.17) is 4.74 Å². The van der Waals surface area contributed by atoms with Crippen molar-refractivity contribution < 1.29 is 9.53 Å². The lowest BCUT2D eigenvalue weighted by molar-refractivity contribution is 0.104. The van der Waals surface area contributed by atoms with Crippen LogP contribution in [0.3, 0.4) is 0 Å². The molecule has 0 bridgehead atoms. The molecule has 3 aromatic carbocycles. The van der Waals surface area contributed by atoms with Gasteiger partial charge in [-0.2, -0.15) is 0 Å². The fourth-order valence-electron chi connectivity index (χ4n) is 2.40. The molecule has 0 N–H and O–H groups in total. The third-order valence-corrected chi connectivity index (χ3v) is 3.89. The lowest BCUT2D eigenvalue weighted by Crippen LogP contribution is -1.97. The summed E-state index contributed by atoms with van der Waals surface area (Å²) in [5.41, 5.74) is 4.01. The highest BCUT2D eigenvalue weighted by molar-refractivity contribution is 6.06. The smallest absolute Gasteiger partial charge is 0.185 e. The summed E-state index contributed by atoms with van der Waals surface area (Å²) in [6.45, 7) is 2.58. The lowest BCUT2D eigenvalue weighted by atomic mass is 10.1. The number of aryl methyl sites for hydroxylation is 1. The summed E-state index contributed by atoms with van der Waals surface area (Å²) in [7, 11) is 0. The normalized spacial score (nSPS) is 10.8. The van der Waals surface area contributed by atoms with Crippen LogP contribution in [0.25, 0.3) is 6.08 Å². The molecule has 0 saturated heterocycles. The van der Waals surface area contributed by atoms with Gasteiger partial charge in [-0.05, 0) is 48.4 Å². The summed E-state index contributed by atoms with van der Waals surface area (Å²) in [6.07, 6.45) is 3.42. The first-order valence-electron chi connectivity index (χ1n) is 8.26. The maximum absolute atomic E-state index is 12.2. The largest absolute Gasteiger partial charge is 0.489 e. The summed E-state index contributed by atoms with van der Waals surface area (Å²) >= 11 is 0. The summed E-state index contributed by atoms with van der Waals surface area (Å²) in [4.78, 5) is 12.2. The molecule has 3 rings (SSSR count). The van der Waals surface area contributed by atoms with Crippen molar-refractivity contribution in [3.8, 4) is 5.75 Å². The van der Waals surface area contributed by atoms with E-state index in [1.807, 2.05) is 48.5 Å². The topological polar surface area (TPSA) is 26.3 Å². The minimum atomic E-state index is -0.0195. The first-order chi connectivity index (χ1) is 12.2. The molecule has 0 aliphatic heterocycles. The molecule has 3 aromatic rings. The van der Waals surface area contributed by atoms with Crippen LogP contribution in [0.2, 0.25) is 0 Å². The zero-order valence-corrected chi connectivity index (χ0v) is 14.2. The van der Waals surface area contributed by atoms with Crippen LogP contribution in [0.15, 0.2) is 84.9 Å². The molecule has 2 heteroatoms. The van der Waals surface area contributed by atoms with E-state index in [-0.39, 0.29) is 5.78 Å². The molecule has 25 heavy (non-hydrogen) atoms. The molecule has 0 saturated carbocycles. The Kier molecular flexibility index (Phi) is 5.43. The molecule has 124 valence electrons. The average Bonchev–Trinajstić information content (AvgIpc) is 2.67. The fourth-order valence-corrected chi connectivity index (χ4v) is 2.40. The maximum atomic E-state index is 12.2. The number of allylic oxidation sites excluding steroid dienone is 1. The van der Waals surface area contributed by atoms with Crippen molar-refractivity contribution in [1.82, 2.24) is 0 Å². The van der Waals surface area contributed by atoms with Gasteiger partial charge in [0.1, 0.15) is 12.4 Å². The Bertz CT molecular complexity index is 845. The van der Waals surface area contributed by atoms with Gasteiger partial charge in [0.25, 0.3) is 0 Å². The number of benzene rings is 3. The Morgan fingerprint density at radius 3 is 2.24 bits per heavy atom. The van der Waals surface area contributed by atoms with Gasteiger partial charge in [-0.25, -0.2) is 0 Å². The third kappa shape index (κ3) is 4.92. The standard InChI is InChI=1S/C23H20O2/c1-18-7-9-20(10-8-18)17-25-22-14-12-21(13-15-22)23(24)16-11-19-5-3-2-4-6-19/h2-16H,17H2,1H3/b16-11+. The van der Waals surface area contributed by atoms with Crippen molar-refractivity contribution in [3.63, 3.8) is 0 Å². The Hall–Kier alpha value is -3.13. The van der Waals surface area contributed by atoms with Crippen LogP contribution in [0.5, 0.6) is 5.75 Å². The molecular formula is C23H20O2. The van der Waals surface area contributed by atoms with Crippen molar-refractivity contribution in [2.75, 3.05) is 0 Å². The van der Waals surface area contributed by atoms with Gasteiger partial charge in [0.2, 0.25) is 0 Å².